The monoisotopic (exact) mass is 249 g/mol. The predicted octanol–water partition coefficient (Wildman–Crippen LogP) is 3.92. The molecule has 12 heavy (non-hydrogen) atoms. The first-order chi connectivity index (χ1) is 5.07. The summed E-state index contributed by atoms with van der Waals surface area (Å²) in [7, 11) is 0. The van der Waals surface area contributed by atoms with E-state index in [2.05, 4.69) is 0 Å². The van der Waals surface area contributed by atoms with Crippen molar-refractivity contribution in [1.29, 1.82) is 0 Å². The first kappa shape index (κ1) is 11.1. The van der Waals surface area contributed by atoms with E-state index in [1.54, 1.807) is 20.8 Å². The van der Waals surface area contributed by atoms with Gasteiger partial charge in [-0.3, -0.25) is 9.13 Å². The van der Waals surface area contributed by atoms with Crippen LogP contribution in [0.3, 0.4) is 0 Å². The molecule has 3 nitrogen and oxygen atoms in total. The third-order valence-corrected chi connectivity index (χ3v) is 11.8. The molecule has 0 aromatic heterocycles. The second-order valence-electron chi connectivity index (χ2n) is 3.83. The quantitative estimate of drug-likeness (QED) is 0.611. The Labute approximate surface area is 81.8 Å². The van der Waals surface area contributed by atoms with E-state index in [-0.39, 0.29) is 5.90 Å². The molecule has 0 unspecified atom stereocenters. The number of nitrogens with zero attached hydrogens (tertiary/aromatic N) is 1. The van der Waals surface area contributed by atoms with E-state index >= 15 is 0 Å². The summed E-state index contributed by atoms with van der Waals surface area (Å²) < 4.78 is 24.3. The van der Waals surface area contributed by atoms with Gasteiger partial charge >= 0.3 is 0 Å². The van der Waals surface area contributed by atoms with Crippen molar-refractivity contribution in [1.82, 2.24) is 4.44 Å². The Bertz CT molecular complexity index is 276. The van der Waals surface area contributed by atoms with Gasteiger partial charge in [0.05, 0.1) is 0 Å². The molecule has 1 saturated heterocycles. The highest BCUT2D eigenvalue weighted by atomic mass is 35.7. The van der Waals surface area contributed by atoms with Crippen molar-refractivity contribution in [3.63, 3.8) is 0 Å². The molecule has 0 aromatic carbocycles. The Morgan fingerprint density at radius 1 is 1.17 bits per heavy atom. The van der Waals surface area contributed by atoms with Gasteiger partial charge in [-0.15, -0.1) is 0 Å². The molecule has 0 aromatic rings. The molecule has 1 fully saturated rings. The van der Waals surface area contributed by atoms with Crippen LogP contribution in [0.15, 0.2) is 0 Å². The van der Waals surface area contributed by atoms with E-state index in [9.17, 15) is 9.13 Å². The van der Waals surface area contributed by atoms with Gasteiger partial charge in [0.2, 0.25) is 0 Å². The maximum atomic E-state index is 11.5. The Morgan fingerprint density at radius 2 is 1.50 bits per heavy atom. The lowest BCUT2D eigenvalue weighted by atomic mass is 10.1. The third kappa shape index (κ3) is 1.76. The average Bonchev–Trinajstić information content (AvgIpc) is 1.48. The highest BCUT2D eigenvalue weighted by molar-refractivity contribution is 8.13. The van der Waals surface area contributed by atoms with Gasteiger partial charge in [-0.25, -0.2) is 0 Å². The zero-order chi connectivity index (χ0) is 9.78. The van der Waals surface area contributed by atoms with Crippen LogP contribution in [0, 0.1) is 0 Å². The summed E-state index contributed by atoms with van der Waals surface area (Å²) in [6, 6.07) is 0. The topological polar surface area (TPSA) is 37.4 Å². The van der Waals surface area contributed by atoms with Crippen LogP contribution in [0.1, 0.15) is 20.8 Å². The molecular weight excluding hydrogens is 239 g/mol. The van der Waals surface area contributed by atoms with E-state index in [1.807, 2.05) is 0 Å². The van der Waals surface area contributed by atoms with E-state index in [0.29, 0.717) is 0 Å². The molecule has 0 amide bonds. The predicted molar refractivity (Wildman–Crippen MR) is 53.4 cm³/mol. The number of hydrogen-bond acceptors (Lipinski definition) is 2. The van der Waals surface area contributed by atoms with Gasteiger partial charge in [-0.1, -0.05) is 0 Å². The molecule has 0 bridgehead atoms. The molecule has 7 heteroatoms. The number of hydrogen-bond donors (Lipinski definition) is 0. The van der Waals surface area contributed by atoms with Crippen LogP contribution in [0.25, 0.3) is 0 Å². The molecule has 2 atom stereocenters. The van der Waals surface area contributed by atoms with E-state index in [1.165, 1.54) is 4.44 Å². The first-order valence-electron chi connectivity index (χ1n) is 3.46. The summed E-state index contributed by atoms with van der Waals surface area (Å²) in [6.07, 6.45) is 0. The number of halogens is 2. The van der Waals surface area contributed by atoms with Crippen molar-refractivity contribution in [3.8, 4) is 0 Å². The van der Waals surface area contributed by atoms with Crippen LogP contribution in [-0.2, 0) is 9.13 Å². The molecular formula is C5H11Cl2NO2P2. The lowest BCUT2D eigenvalue weighted by Crippen LogP contribution is -2.40. The molecule has 72 valence electrons. The zero-order valence-corrected chi connectivity index (χ0v) is 10.4. The van der Waals surface area contributed by atoms with Crippen LogP contribution in [0.2, 0.25) is 0 Å². The number of rotatable bonds is 0. The Morgan fingerprint density at radius 3 is 1.58 bits per heavy atom. The molecule has 0 radical (unpaired) electrons. The second kappa shape index (κ2) is 2.74. The third-order valence-electron chi connectivity index (χ3n) is 1.51. The van der Waals surface area contributed by atoms with E-state index in [0.717, 1.165) is 0 Å². The second-order valence-corrected chi connectivity index (χ2v) is 11.7. The van der Waals surface area contributed by atoms with E-state index in [4.69, 9.17) is 22.5 Å². The minimum absolute atomic E-state index is 0.0552. The van der Waals surface area contributed by atoms with Crippen molar-refractivity contribution in [2.45, 2.75) is 26.3 Å². The molecule has 0 N–H and O–H groups in total. The zero-order valence-electron chi connectivity index (χ0n) is 7.12. The molecule has 0 aliphatic carbocycles. The smallest absolute Gasteiger partial charge is 0.251 e. The summed E-state index contributed by atoms with van der Waals surface area (Å²) in [5.74, 6) is -0.0552. The van der Waals surface area contributed by atoms with Crippen molar-refractivity contribution in [3.05, 3.63) is 0 Å². The average molecular weight is 250 g/mol. The first-order valence-corrected chi connectivity index (χ1v) is 8.96. The fraction of sp³-hybridized carbons (Fsp3) is 1.00. The lowest BCUT2D eigenvalue weighted by molar-refractivity contribution is 0.348. The minimum Gasteiger partial charge on any atom is -0.288 e. The molecule has 0 spiro atoms. The normalized spacial score (nSPS) is 44.1. The van der Waals surface area contributed by atoms with Crippen molar-refractivity contribution >= 4 is 35.8 Å². The van der Waals surface area contributed by atoms with Gasteiger partial charge in [0.1, 0.15) is 5.90 Å². The maximum absolute atomic E-state index is 11.5. The summed E-state index contributed by atoms with van der Waals surface area (Å²) in [5, 5.41) is 0. The van der Waals surface area contributed by atoms with Crippen LogP contribution < -0.4 is 0 Å². The molecule has 1 aliphatic heterocycles. The standard InChI is InChI=1S/C5H11Cl2NO2P2/c1-5(2,3)8-11(6,9)4-12(8,7)10/h4H2,1-3H3/t11-,12-/m0/s1. The van der Waals surface area contributed by atoms with Crippen molar-refractivity contribution in [2.24, 2.45) is 0 Å². The van der Waals surface area contributed by atoms with Gasteiger partial charge in [-0.05, 0) is 43.3 Å². The highest BCUT2D eigenvalue weighted by Gasteiger charge is 2.59. The van der Waals surface area contributed by atoms with Crippen LogP contribution in [0.5, 0.6) is 0 Å². The molecule has 1 aliphatic rings. The molecule has 1 rings (SSSR count). The fourth-order valence-corrected chi connectivity index (χ4v) is 13.6. The SMILES string of the molecule is CC(C)(C)N1[P@@](=O)(Cl)C[P@]1(=O)Cl. The summed E-state index contributed by atoms with van der Waals surface area (Å²) in [4.78, 5) is 0. The van der Waals surface area contributed by atoms with Crippen molar-refractivity contribution < 1.29 is 9.13 Å². The van der Waals surface area contributed by atoms with Gasteiger partial charge in [0.15, 0.2) is 0 Å². The summed E-state index contributed by atoms with van der Waals surface area (Å²) >= 11 is 11.3. The Kier molecular flexibility index (Phi) is 2.53. The van der Waals surface area contributed by atoms with Gasteiger partial charge < -0.3 is 0 Å². The van der Waals surface area contributed by atoms with E-state index < -0.39 is 18.8 Å². The van der Waals surface area contributed by atoms with Gasteiger partial charge in [0, 0.05) is 5.54 Å². The van der Waals surface area contributed by atoms with Crippen LogP contribution in [-0.4, -0.2) is 15.9 Å². The summed E-state index contributed by atoms with van der Waals surface area (Å²) in [5.41, 5.74) is -0.493. The lowest BCUT2D eigenvalue weighted by Gasteiger charge is -2.47. The van der Waals surface area contributed by atoms with Gasteiger partial charge in [0.25, 0.3) is 13.3 Å². The van der Waals surface area contributed by atoms with Crippen LogP contribution in [0.4, 0.5) is 0 Å². The highest BCUT2D eigenvalue weighted by Crippen LogP contribution is 2.88. The maximum Gasteiger partial charge on any atom is 0.251 e. The molecule has 0 saturated carbocycles. The summed E-state index contributed by atoms with van der Waals surface area (Å²) in [6.45, 7) is -0.454. The minimum atomic E-state index is -2.91. The molecule has 1 heterocycles. The van der Waals surface area contributed by atoms with Gasteiger partial charge in [-0.2, -0.15) is 4.44 Å². The van der Waals surface area contributed by atoms with Crippen LogP contribution >= 0.6 is 35.8 Å². The largest absolute Gasteiger partial charge is 0.288 e. The Balaban J connectivity index is 3.03. The fourth-order valence-electron chi connectivity index (χ4n) is 1.36. The Hall–Kier alpha value is 1.00. The van der Waals surface area contributed by atoms with Crippen molar-refractivity contribution in [2.75, 3.05) is 5.90 Å².